The van der Waals surface area contributed by atoms with Gasteiger partial charge in [0.05, 0.1) is 23.7 Å². The van der Waals surface area contributed by atoms with Gasteiger partial charge in [0.25, 0.3) is 0 Å². The first-order valence-corrected chi connectivity index (χ1v) is 24.7. The minimum Gasteiger partial charge on any atom is -0.465 e. The summed E-state index contributed by atoms with van der Waals surface area (Å²) in [6.45, 7) is 0. The molecule has 292 valence electrons. The number of ether oxygens (including phenoxy) is 1. The van der Waals surface area contributed by atoms with E-state index < -0.39 is 16.1 Å². The zero-order valence-electron chi connectivity index (χ0n) is 33.9. The van der Waals surface area contributed by atoms with Crippen molar-refractivity contribution in [2.75, 3.05) is 7.11 Å². The van der Waals surface area contributed by atoms with E-state index in [0.717, 1.165) is 27.5 Å². The predicted molar refractivity (Wildman–Crippen MR) is 259 cm³/mol. The monoisotopic (exact) mass is 817 g/mol. The normalized spacial score (nSPS) is 11.8. The number of hydrogen-bond donors (Lipinski definition) is 0. The summed E-state index contributed by atoms with van der Waals surface area (Å²) < 4.78 is 7.52. The zero-order chi connectivity index (χ0) is 41.2. The second-order valence-corrected chi connectivity index (χ2v) is 23.2. The van der Waals surface area contributed by atoms with Crippen molar-refractivity contribution >= 4 is 85.4 Å². The highest BCUT2D eigenvalue weighted by Crippen LogP contribution is 2.33. The van der Waals surface area contributed by atoms with Crippen LogP contribution in [0.2, 0.25) is 0 Å². The third-order valence-electron chi connectivity index (χ3n) is 12.4. The highest BCUT2D eigenvalue weighted by atomic mass is 28.3. The molecular formula is C56H43NO2Si2. The minimum absolute atomic E-state index is 0.360. The summed E-state index contributed by atoms with van der Waals surface area (Å²) in [4.78, 5) is 13.0. The Morgan fingerprint density at radius 2 is 0.689 bits per heavy atom. The molecule has 0 unspecified atom stereocenters. The van der Waals surface area contributed by atoms with Gasteiger partial charge in [-0.1, -0.05) is 212 Å². The Labute approximate surface area is 358 Å². The third-order valence-corrected chi connectivity index (χ3v) is 21.9. The van der Waals surface area contributed by atoms with Gasteiger partial charge in [0.15, 0.2) is 16.1 Å². The van der Waals surface area contributed by atoms with E-state index in [9.17, 15) is 4.79 Å². The van der Waals surface area contributed by atoms with Gasteiger partial charge < -0.3 is 9.30 Å². The first kappa shape index (κ1) is 37.9. The molecule has 0 fully saturated rings. The Hall–Kier alpha value is -7.32. The lowest BCUT2D eigenvalue weighted by molar-refractivity contribution is 0.0600. The molecule has 10 rings (SSSR count). The number of rotatable bonds is 10. The van der Waals surface area contributed by atoms with Gasteiger partial charge >= 0.3 is 5.97 Å². The summed E-state index contributed by atoms with van der Waals surface area (Å²) >= 11 is 0. The molecule has 1 heterocycles. The zero-order valence-corrected chi connectivity index (χ0v) is 35.9. The van der Waals surface area contributed by atoms with E-state index in [4.69, 9.17) is 4.74 Å². The van der Waals surface area contributed by atoms with Crippen LogP contribution in [0.1, 0.15) is 10.4 Å². The van der Waals surface area contributed by atoms with Crippen LogP contribution in [-0.4, -0.2) is 33.8 Å². The van der Waals surface area contributed by atoms with Gasteiger partial charge in [-0.3, -0.25) is 0 Å². The molecule has 1 aromatic heterocycles. The van der Waals surface area contributed by atoms with Gasteiger partial charge in [-0.15, -0.1) is 0 Å². The maximum Gasteiger partial charge on any atom is 0.337 e. The standard InChI is InChI=1S/C56H43NO2Si2/c1-59-56(58)42-21-20-22-43(39-42)57-54-37-35-50(60(44-23-8-2-9-24-44,45-25-10-3-11-26-45)46-27-12-4-13-28-46)40-52(54)53-41-51(36-38-55(53)57)61(47-29-14-5-15-30-47,48-31-16-6-17-32-48)49-33-18-7-19-34-49/h2-41H,1H3. The van der Waals surface area contributed by atoms with Crippen LogP contribution in [-0.2, 0) is 4.74 Å². The largest absolute Gasteiger partial charge is 0.465 e. The van der Waals surface area contributed by atoms with E-state index in [1.807, 2.05) is 18.2 Å². The first-order chi connectivity index (χ1) is 30.1. The number of carbonyl (C=O) groups is 1. The molecule has 0 spiro atoms. The number of methoxy groups -OCH3 is 1. The van der Waals surface area contributed by atoms with Crippen LogP contribution in [0.25, 0.3) is 27.5 Å². The Morgan fingerprint density at radius 1 is 0.361 bits per heavy atom. The molecule has 0 aliphatic heterocycles. The van der Waals surface area contributed by atoms with Gasteiger partial charge in [0.2, 0.25) is 0 Å². The van der Waals surface area contributed by atoms with Gasteiger partial charge in [-0.05, 0) is 71.8 Å². The molecule has 0 amide bonds. The van der Waals surface area contributed by atoms with Crippen molar-refractivity contribution in [2.24, 2.45) is 0 Å². The first-order valence-electron chi connectivity index (χ1n) is 20.7. The highest BCUT2D eigenvalue weighted by Gasteiger charge is 2.43. The maximum atomic E-state index is 13.0. The van der Waals surface area contributed by atoms with Gasteiger partial charge in [-0.2, -0.15) is 0 Å². The van der Waals surface area contributed by atoms with Crippen molar-refractivity contribution in [3.63, 3.8) is 0 Å². The predicted octanol–water partition coefficient (Wildman–Crippen LogP) is 7.33. The molecule has 0 radical (unpaired) electrons. The van der Waals surface area contributed by atoms with Crippen LogP contribution in [0.5, 0.6) is 0 Å². The van der Waals surface area contributed by atoms with E-state index >= 15 is 0 Å². The molecule has 0 N–H and O–H groups in total. The van der Waals surface area contributed by atoms with Crippen LogP contribution in [0.15, 0.2) is 243 Å². The average molecular weight is 818 g/mol. The quantitative estimate of drug-likeness (QED) is 0.0824. The average Bonchev–Trinajstić information content (AvgIpc) is 3.67. The van der Waals surface area contributed by atoms with Crippen LogP contribution in [0.4, 0.5) is 0 Å². The fourth-order valence-corrected chi connectivity index (χ4v) is 19.3. The Morgan fingerprint density at radius 3 is 1.00 bits per heavy atom. The molecule has 0 bridgehead atoms. The topological polar surface area (TPSA) is 31.2 Å². The van der Waals surface area contributed by atoms with E-state index in [1.165, 1.54) is 48.6 Å². The van der Waals surface area contributed by atoms with Crippen molar-refractivity contribution in [1.82, 2.24) is 4.57 Å². The van der Waals surface area contributed by atoms with Crippen molar-refractivity contribution in [2.45, 2.75) is 0 Å². The molecule has 5 heteroatoms. The summed E-state index contributed by atoms with van der Waals surface area (Å²) in [5.41, 5.74) is 3.55. The molecule has 0 aliphatic rings. The molecule has 3 nitrogen and oxygen atoms in total. The van der Waals surface area contributed by atoms with E-state index in [2.05, 4.69) is 229 Å². The summed E-state index contributed by atoms with van der Waals surface area (Å²) in [5, 5.41) is 12.9. The molecule has 0 atom stereocenters. The smallest absolute Gasteiger partial charge is 0.337 e. The maximum absolute atomic E-state index is 13.0. The van der Waals surface area contributed by atoms with Crippen molar-refractivity contribution < 1.29 is 9.53 Å². The number of fused-ring (bicyclic) bond motifs is 3. The van der Waals surface area contributed by atoms with Crippen molar-refractivity contribution in [1.29, 1.82) is 0 Å². The fourth-order valence-electron chi connectivity index (χ4n) is 9.79. The lowest BCUT2D eigenvalue weighted by atomic mass is 10.1. The number of benzene rings is 9. The summed E-state index contributed by atoms with van der Waals surface area (Å²) in [7, 11) is -4.31. The van der Waals surface area contributed by atoms with E-state index in [-0.39, 0.29) is 5.97 Å². The summed E-state index contributed by atoms with van der Waals surface area (Å²) in [6, 6.07) is 88.7. The summed E-state index contributed by atoms with van der Waals surface area (Å²) in [5.74, 6) is -0.360. The number of aromatic nitrogens is 1. The minimum atomic E-state index is -2.87. The molecule has 10 aromatic rings. The van der Waals surface area contributed by atoms with Crippen LogP contribution >= 0.6 is 0 Å². The van der Waals surface area contributed by atoms with Crippen LogP contribution in [0.3, 0.4) is 0 Å². The van der Waals surface area contributed by atoms with E-state index in [0.29, 0.717) is 5.56 Å². The second-order valence-electron chi connectivity index (χ2n) is 15.5. The van der Waals surface area contributed by atoms with Crippen molar-refractivity contribution in [3.05, 3.63) is 248 Å². The molecule has 0 aliphatic carbocycles. The SMILES string of the molecule is COC(=O)c1cccc(-n2c3ccc([Si](c4ccccc4)(c4ccccc4)c4ccccc4)cc3c3cc([Si](c4ccccc4)(c4ccccc4)c4ccccc4)ccc32)c1. The van der Waals surface area contributed by atoms with Crippen molar-refractivity contribution in [3.8, 4) is 5.69 Å². The Kier molecular flexibility index (Phi) is 9.97. The number of hydrogen-bond acceptors (Lipinski definition) is 2. The van der Waals surface area contributed by atoms with Crippen LogP contribution < -0.4 is 41.5 Å². The van der Waals surface area contributed by atoms with Gasteiger partial charge in [0, 0.05) is 16.5 Å². The van der Waals surface area contributed by atoms with Gasteiger partial charge in [0.1, 0.15) is 0 Å². The Bertz CT molecular complexity index is 2740. The molecule has 9 aromatic carbocycles. The lowest BCUT2D eigenvalue weighted by Gasteiger charge is -2.34. The van der Waals surface area contributed by atoms with E-state index in [1.54, 1.807) is 0 Å². The summed E-state index contributed by atoms with van der Waals surface area (Å²) in [6.07, 6.45) is 0. The fraction of sp³-hybridized carbons (Fsp3) is 0.0179. The highest BCUT2D eigenvalue weighted by molar-refractivity contribution is 7.20. The molecule has 61 heavy (non-hydrogen) atoms. The molecule has 0 saturated heterocycles. The number of carbonyl (C=O) groups excluding carboxylic acids is 1. The number of esters is 1. The number of nitrogens with zero attached hydrogens (tertiary/aromatic N) is 1. The second kappa shape index (κ2) is 16.0. The molecule has 0 saturated carbocycles. The Balaban J connectivity index is 1.35. The molecular weight excluding hydrogens is 775 g/mol. The third kappa shape index (κ3) is 6.29. The van der Waals surface area contributed by atoms with Crippen LogP contribution in [0, 0.1) is 0 Å². The van der Waals surface area contributed by atoms with Gasteiger partial charge in [-0.25, -0.2) is 4.79 Å². The lowest BCUT2D eigenvalue weighted by Crippen LogP contribution is -2.74.